The summed E-state index contributed by atoms with van der Waals surface area (Å²) in [7, 11) is 0. The monoisotopic (exact) mass is 519 g/mol. The SMILES string of the molecule is C=CCn1c(SCC(=O)Nc2sc(C(N)=O)c(C)c2C(=O)OCC)nnc1-c1csc(CC)c1. The van der Waals surface area contributed by atoms with Crippen LogP contribution in [0.2, 0.25) is 0 Å². The van der Waals surface area contributed by atoms with Crippen LogP contribution < -0.4 is 11.1 Å². The number of nitrogens with zero attached hydrogens (tertiary/aromatic N) is 3. The fourth-order valence-corrected chi connectivity index (χ4v) is 5.79. The van der Waals surface area contributed by atoms with Gasteiger partial charge in [-0.3, -0.25) is 14.2 Å². The molecular weight excluding hydrogens is 494 g/mol. The summed E-state index contributed by atoms with van der Waals surface area (Å²) in [6.45, 7) is 9.83. The van der Waals surface area contributed by atoms with E-state index in [-0.39, 0.29) is 33.7 Å². The normalized spacial score (nSPS) is 10.8. The van der Waals surface area contributed by atoms with Crippen molar-refractivity contribution in [3.8, 4) is 11.4 Å². The van der Waals surface area contributed by atoms with Crippen LogP contribution >= 0.6 is 34.4 Å². The van der Waals surface area contributed by atoms with Crippen LogP contribution in [-0.2, 0) is 22.5 Å². The number of amides is 2. The molecule has 3 heterocycles. The zero-order valence-electron chi connectivity index (χ0n) is 19.0. The maximum atomic E-state index is 12.7. The number of thiophene rings is 2. The second-order valence-electron chi connectivity index (χ2n) is 7.04. The zero-order valence-corrected chi connectivity index (χ0v) is 21.5. The van der Waals surface area contributed by atoms with Crippen molar-refractivity contribution in [1.82, 2.24) is 14.8 Å². The molecule has 0 aliphatic heterocycles. The molecule has 0 radical (unpaired) electrons. The molecule has 0 unspecified atom stereocenters. The van der Waals surface area contributed by atoms with Gasteiger partial charge in [0.2, 0.25) is 5.91 Å². The number of aromatic nitrogens is 3. The van der Waals surface area contributed by atoms with Gasteiger partial charge in [-0.1, -0.05) is 24.8 Å². The summed E-state index contributed by atoms with van der Waals surface area (Å²) in [5, 5.41) is 14.1. The molecule has 0 atom stereocenters. The maximum absolute atomic E-state index is 12.7. The Morgan fingerprint density at radius 2 is 2.09 bits per heavy atom. The lowest BCUT2D eigenvalue weighted by molar-refractivity contribution is -0.113. The van der Waals surface area contributed by atoms with Gasteiger partial charge < -0.3 is 15.8 Å². The molecule has 0 aromatic carbocycles. The van der Waals surface area contributed by atoms with Gasteiger partial charge in [-0.25, -0.2) is 4.79 Å². The van der Waals surface area contributed by atoms with E-state index in [0.29, 0.717) is 23.1 Å². The number of hydrogen-bond acceptors (Lipinski definition) is 9. The van der Waals surface area contributed by atoms with Crippen LogP contribution in [0.5, 0.6) is 0 Å². The molecule has 3 aromatic rings. The molecule has 3 rings (SSSR count). The molecule has 0 aliphatic rings. The van der Waals surface area contributed by atoms with Crippen LogP contribution in [0.15, 0.2) is 29.3 Å². The van der Waals surface area contributed by atoms with Crippen molar-refractivity contribution in [2.24, 2.45) is 5.73 Å². The molecule has 34 heavy (non-hydrogen) atoms. The highest BCUT2D eigenvalue weighted by Crippen LogP contribution is 2.34. The molecule has 0 saturated heterocycles. The Kier molecular flexibility index (Phi) is 8.64. The highest BCUT2D eigenvalue weighted by atomic mass is 32.2. The van der Waals surface area contributed by atoms with Crippen molar-refractivity contribution in [2.75, 3.05) is 17.7 Å². The van der Waals surface area contributed by atoms with Crippen molar-refractivity contribution in [1.29, 1.82) is 0 Å². The van der Waals surface area contributed by atoms with E-state index in [2.05, 4.69) is 35.1 Å². The van der Waals surface area contributed by atoms with Gasteiger partial charge in [-0.15, -0.1) is 39.4 Å². The standard InChI is InChI=1S/C22H25N5O4S3/c1-5-8-27-19(13-9-14(6-2)32-10-13)25-26-22(27)33-11-15(28)24-20-16(21(30)31-7-3)12(4)17(34-20)18(23)29/h5,9-10H,1,6-8,11H2,2-4H3,(H2,23,29)(H,24,28). The number of esters is 1. The Labute approximate surface area is 209 Å². The van der Waals surface area contributed by atoms with Crippen LogP contribution in [0, 0.1) is 6.92 Å². The average molecular weight is 520 g/mol. The summed E-state index contributed by atoms with van der Waals surface area (Å²) in [4.78, 5) is 38.3. The summed E-state index contributed by atoms with van der Waals surface area (Å²) in [5.41, 5.74) is 6.92. The van der Waals surface area contributed by atoms with Gasteiger partial charge in [0, 0.05) is 22.4 Å². The number of carbonyl (C=O) groups excluding carboxylic acids is 3. The lowest BCUT2D eigenvalue weighted by atomic mass is 10.1. The molecule has 9 nitrogen and oxygen atoms in total. The smallest absolute Gasteiger partial charge is 0.341 e. The highest BCUT2D eigenvalue weighted by Gasteiger charge is 2.26. The first-order valence-electron chi connectivity index (χ1n) is 10.4. The highest BCUT2D eigenvalue weighted by molar-refractivity contribution is 7.99. The number of primary amides is 1. The summed E-state index contributed by atoms with van der Waals surface area (Å²) in [6, 6.07) is 2.09. The first-order valence-corrected chi connectivity index (χ1v) is 13.1. The Morgan fingerprint density at radius 1 is 1.32 bits per heavy atom. The summed E-state index contributed by atoms with van der Waals surface area (Å²) in [6.07, 6.45) is 2.69. The molecule has 12 heteroatoms. The van der Waals surface area contributed by atoms with Crippen molar-refractivity contribution in [3.63, 3.8) is 0 Å². The quantitative estimate of drug-likeness (QED) is 0.221. The minimum Gasteiger partial charge on any atom is -0.462 e. The number of carbonyl (C=O) groups is 3. The second kappa shape index (κ2) is 11.4. The summed E-state index contributed by atoms with van der Waals surface area (Å²) in [5.74, 6) is -0.934. The van der Waals surface area contributed by atoms with Gasteiger partial charge in [0.05, 0.1) is 22.8 Å². The number of nitrogens with one attached hydrogen (secondary N) is 1. The largest absolute Gasteiger partial charge is 0.462 e. The molecule has 0 spiro atoms. The average Bonchev–Trinajstić information content (AvgIpc) is 3.50. The molecule has 0 fully saturated rings. The van der Waals surface area contributed by atoms with Gasteiger partial charge >= 0.3 is 5.97 Å². The maximum Gasteiger partial charge on any atom is 0.341 e. The Balaban J connectivity index is 1.78. The summed E-state index contributed by atoms with van der Waals surface area (Å²) < 4.78 is 6.98. The van der Waals surface area contributed by atoms with Gasteiger partial charge in [-0.2, -0.15) is 0 Å². The van der Waals surface area contributed by atoms with Crippen molar-refractivity contribution >= 4 is 57.2 Å². The van der Waals surface area contributed by atoms with Crippen molar-refractivity contribution in [3.05, 3.63) is 45.0 Å². The Bertz CT molecular complexity index is 1230. The van der Waals surface area contributed by atoms with Crippen molar-refractivity contribution in [2.45, 2.75) is 38.9 Å². The van der Waals surface area contributed by atoms with Gasteiger partial charge in [0.15, 0.2) is 11.0 Å². The van der Waals surface area contributed by atoms with Crippen LogP contribution in [0.25, 0.3) is 11.4 Å². The van der Waals surface area contributed by atoms with E-state index in [1.165, 1.54) is 16.6 Å². The molecule has 3 N–H and O–H groups in total. The fraction of sp³-hybridized carbons (Fsp3) is 0.318. The van der Waals surface area contributed by atoms with Gasteiger partial charge in [0.1, 0.15) is 5.00 Å². The fourth-order valence-electron chi connectivity index (χ4n) is 3.16. The van der Waals surface area contributed by atoms with Crippen LogP contribution in [0.4, 0.5) is 5.00 Å². The number of allylic oxidation sites excluding steroid dienone is 1. The minimum atomic E-state index is -0.673. The molecule has 3 aromatic heterocycles. The number of hydrogen-bond donors (Lipinski definition) is 2. The van der Waals surface area contributed by atoms with Crippen LogP contribution in [0.1, 0.15) is 44.3 Å². The second-order valence-corrected chi connectivity index (χ2v) is 10.0. The first-order chi connectivity index (χ1) is 16.3. The number of anilines is 1. The first kappa shape index (κ1) is 25.7. The predicted molar refractivity (Wildman–Crippen MR) is 136 cm³/mol. The van der Waals surface area contributed by atoms with Crippen LogP contribution in [0.3, 0.4) is 0 Å². The zero-order chi connectivity index (χ0) is 24.8. The lowest BCUT2D eigenvalue weighted by Crippen LogP contribution is -2.17. The van der Waals surface area contributed by atoms with Gasteiger partial charge in [0.25, 0.3) is 5.91 Å². The number of nitrogens with two attached hydrogens (primary N) is 1. The van der Waals surface area contributed by atoms with E-state index in [1.54, 1.807) is 31.3 Å². The molecule has 0 aliphatic carbocycles. The molecule has 0 saturated carbocycles. The predicted octanol–water partition coefficient (Wildman–Crippen LogP) is 4.13. The van der Waals surface area contributed by atoms with Crippen molar-refractivity contribution < 1.29 is 19.1 Å². The molecule has 0 bridgehead atoms. The third kappa shape index (κ3) is 5.57. The van der Waals surface area contributed by atoms with Crippen LogP contribution in [-0.4, -0.2) is 44.9 Å². The summed E-state index contributed by atoms with van der Waals surface area (Å²) >= 11 is 3.83. The van der Waals surface area contributed by atoms with E-state index in [9.17, 15) is 14.4 Å². The van der Waals surface area contributed by atoms with E-state index < -0.39 is 11.9 Å². The van der Waals surface area contributed by atoms with E-state index in [4.69, 9.17) is 10.5 Å². The van der Waals surface area contributed by atoms with E-state index in [1.807, 2.05) is 9.95 Å². The number of rotatable bonds is 11. The minimum absolute atomic E-state index is 0.0181. The third-order valence-corrected chi connectivity index (χ3v) is 7.99. The number of thioether (sulfide) groups is 1. The number of ether oxygens (including phenoxy) is 1. The molecule has 2 amide bonds. The van der Waals surface area contributed by atoms with E-state index in [0.717, 1.165) is 23.3 Å². The van der Waals surface area contributed by atoms with E-state index >= 15 is 0 Å². The number of aryl methyl sites for hydroxylation is 1. The third-order valence-electron chi connectivity index (χ3n) is 4.72. The lowest BCUT2D eigenvalue weighted by Gasteiger charge is -2.08. The Hall–Kier alpha value is -2.96. The Morgan fingerprint density at radius 3 is 2.71 bits per heavy atom. The molecular formula is C22H25N5O4S3. The van der Waals surface area contributed by atoms with Gasteiger partial charge in [-0.05, 0) is 31.9 Å². The molecule has 180 valence electrons. The topological polar surface area (TPSA) is 129 Å².